The molecular weight excluding hydrogens is 238 g/mol. The van der Waals surface area contributed by atoms with Crippen LogP contribution in [0.1, 0.15) is 13.3 Å². The number of hydrogen-bond donors (Lipinski definition) is 4. The molecule has 1 atom stereocenters. The van der Waals surface area contributed by atoms with Crippen molar-refractivity contribution in [2.24, 2.45) is 5.73 Å². The molecule has 0 bridgehead atoms. The van der Waals surface area contributed by atoms with Crippen LogP contribution in [0.4, 0.5) is 0 Å². The Morgan fingerprint density at radius 2 is 1.69 bits per heavy atom. The van der Waals surface area contributed by atoms with Gasteiger partial charge in [-0.25, -0.2) is 0 Å². The quantitative estimate of drug-likeness (QED) is 0.442. The minimum absolute atomic E-state index is 0.0101. The highest BCUT2D eigenvalue weighted by Gasteiger charge is 2.42. The van der Waals surface area contributed by atoms with Gasteiger partial charge in [-0.2, -0.15) is 0 Å². The molecule has 16 heavy (non-hydrogen) atoms. The van der Waals surface area contributed by atoms with Crippen LogP contribution in [-0.2, 0) is 14.4 Å². The second-order valence-electron chi connectivity index (χ2n) is 3.23. The van der Waals surface area contributed by atoms with Crippen molar-refractivity contribution < 1.29 is 29.7 Å². The predicted molar refractivity (Wildman–Crippen MR) is 56.4 cm³/mol. The van der Waals surface area contributed by atoms with E-state index in [2.05, 4.69) is 0 Å². The van der Waals surface area contributed by atoms with Gasteiger partial charge in [-0.1, -0.05) is 0 Å². The number of carboxylic acid groups (broad SMARTS) is 3. The van der Waals surface area contributed by atoms with Crippen LogP contribution in [0.5, 0.6) is 0 Å². The highest BCUT2D eigenvalue weighted by atomic mass is 32.2. The van der Waals surface area contributed by atoms with Gasteiger partial charge in [-0.05, 0) is 19.1 Å². The maximum Gasteiger partial charge on any atom is 0.331 e. The molecule has 0 aliphatic carbocycles. The zero-order valence-corrected chi connectivity index (χ0v) is 9.36. The van der Waals surface area contributed by atoms with E-state index in [-0.39, 0.29) is 12.2 Å². The molecule has 7 nitrogen and oxygen atoms in total. The third-order valence-corrected chi connectivity index (χ3v) is 3.32. The van der Waals surface area contributed by atoms with Crippen molar-refractivity contribution in [3.8, 4) is 0 Å². The van der Waals surface area contributed by atoms with Crippen molar-refractivity contribution in [3.63, 3.8) is 0 Å². The largest absolute Gasteiger partial charge is 0.480 e. The Morgan fingerprint density at radius 1 is 1.25 bits per heavy atom. The average Bonchev–Trinajstić information content (AvgIpc) is 2.16. The molecule has 0 amide bonds. The maximum absolute atomic E-state index is 10.7. The van der Waals surface area contributed by atoms with Crippen molar-refractivity contribution in [2.75, 3.05) is 5.75 Å². The topological polar surface area (TPSA) is 138 Å². The molecule has 92 valence electrons. The molecule has 0 radical (unpaired) electrons. The van der Waals surface area contributed by atoms with Gasteiger partial charge in [-0.15, -0.1) is 11.8 Å². The Morgan fingerprint density at radius 3 is 2.00 bits per heavy atom. The molecule has 5 N–H and O–H groups in total. The summed E-state index contributed by atoms with van der Waals surface area (Å²) in [7, 11) is 0. The smallest absolute Gasteiger partial charge is 0.331 e. The fourth-order valence-corrected chi connectivity index (χ4v) is 1.76. The first kappa shape index (κ1) is 14.7. The minimum Gasteiger partial charge on any atom is -0.480 e. The molecule has 0 aromatic heterocycles. The second-order valence-corrected chi connectivity index (χ2v) is 4.74. The molecular formula is C8H13NO6S. The summed E-state index contributed by atoms with van der Waals surface area (Å²) in [5.74, 6) is -4.11. The van der Waals surface area contributed by atoms with E-state index in [1.165, 1.54) is 0 Å². The highest BCUT2D eigenvalue weighted by Crippen LogP contribution is 2.26. The minimum atomic E-state index is -1.97. The Balaban J connectivity index is 4.31. The van der Waals surface area contributed by atoms with Gasteiger partial charge in [0.1, 0.15) is 6.04 Å². The number of thioether (sulfide) groups is 1. The Bertz CT molecular complexity index is 291. The van der Waals surface area contributed by atoms with Crippen LogP contribution < -0.4 is 5.73 Å². The molecule has 0 saturated heterocycles. The number of carbonyl (C=O) groups is 3. The van der Waals surface area contributed by atoms with Crippen molar-refractivity contribution in [3.05, 3.63) is 0 Å². The second kappa shape index (κ2) is 5.71. The molecule has 0 aromatic rings. The van der Waals surface area contributed by atoms with E-state index in [9.17, 15) is 14.4 Å². The molecule has 0 rings (SSSR count). The van der Waals surface area contributed by atoms with Gasteiger partial charge in [0, 0.05) is 0 Å². The van der Waals surface area contributed by atoms with E-state index in [1.54, 1.807) is 0 Å². The molecule has 0 fully saturated rings. The zero-order valence-electron chi connectivity index (χ0n) is 8.54. The highest BCUT2D eigenvalue weighted by molar-refractivity contribution is 8.02. The Hall–Kier alpha value is -1.28. The summed E-state index contributed by atoms with van der Waals surface area (Å²) in [5.41, 5.74) is 5.19. The molecule has 0 saturated carbocycles. The number of carboxylic acids is 3. The fourth-order valence-electron chi connectivity index (χ4n) is 0.728. The fraction of sp³-hybridized carbons (Fsp3) is 0.625. The first-order valence-corrected chi connectivity index (χ1v) is 5.29. The van der Waals surface area contributed by atoms with Crippen LogP contribution in [0.25, 0.3) is 0 Å². The molecule has 0 spiro atoms. The standard InChI is InChI=1S/C8H13NO6S/c1-8(6(12)13,7(14)15)16-3-2-4(9)5(10)11/h4H,2-3,9H2,1H3,(H,10,11)(H,12,13)(H,14,15). The van der Waals surface area contributed by atoms with Crippen molar-refractivity contribution >= 4 is 29.7 Å². The van der Waals surface area contributed by atoms with E-state index in [4.69, 9.17) is 21.1 Å². The maximum atomic E-state index is 10.7. The molecule has 0 aromatic carbocycles. The van der Waals surface area contributed by atoms with Crippen LogP contribution in [0.15, 0.2) is 0 Å². The monoisotopic (exact) mass is 251 g/mol. The van der Waals surface area contributed by atoms with Crippen molar-refractivity contribution in [2.45, 2.75) is 24.1 Å². The van der Waals surface area contributed by atoms with Gasteiger partial charge >= 0.3 is 17.9 Å². The van der Waals surface area contributed by atoms with Gasteiger partial charge in [0.05, 0.1) is 0 Å². The lowest BCUT2D eigenvalue weighted by molar-refractivity contribution is -0.151. The molecule has 0 aliphatic heterocycles. The van der Waals surface area contributed by atoms with E-state index >= 15 is 0 Å². The summed E-state index contributed by atoms with van der Waals surface area (Å²) in [5, 5.41) is 25.9. The predicted octanol–water partition coefficient (Wildman–Crippen LogP) is -0.550. The summed E-state index contributed by atoms with van der Waals surface area (Å²) in [4.78, 5) is 31.8. The molecule has 0 aliphatic rings. The van der Waals surface area contributed by atoms with Crippen molar-refractivity contribution in [1.29, 1.82) is 0 Å². The van der Waals surface area contributed by atoms with E-state index in [0.717, 1.165) is 6.92 Å². The van der Waals surface area contributed by atoms with Crippen LogP contribution >= 0.6 is 11.8 Å². The van der Waals surface area contributed by atoms with E-state index in [0.29, 0.717) is 11.8 Å². The number of rotatable bonds is 7. The van der Waals surface area contributed by atoms with Gasteiger partial charge < -0.3 is 21.1 Å². The lowest BCUT2D eigenvalue weighted by Crippen LogP contribution is -2.41. The zero-order chi connectivity index (χ0) is 12.9. The Kier molecular flexibility index (Phi) is 5.25. The summed E-state index contributed by atoms with van der Waals surface area (Å²) < 4.78 is -1.97. The van der Waals surface area contributed by atoms with Crippen molar-refractivity contribution in [1.82, 2.24) is 0 Å². The van der Waals surface area contributed by atoms with Gasteiger partial charge in [0.2, 0.25) is 4.75 Å². The van der Waals surface area contributed by atoms with Crippen LogP contribution in [0, 0.1) is 0 Å². The van der Waals surface area contributed by atoms with E-state index < -0.39 is 28.7 Å². The van der Waals surface area contributed by atoms with Crippen LogP contribution in [0.2, 0.25) is 0 Å². The molecule has 1 unspecified atom stereocenters. The summed E-state index contributed by atoms with van der Waals surface area (Å²) in [6.07, 6.45) is 0.0101. The average molecular weight is 251 g/mol. The lowest BCUT2D eigenvalue weighted by Gasteiger charge is -2.19. The third kappa shape index (κ3) is 3.70. The molecule has 8 heteroatoms. The van der Waals surface area contributed by atoms with Gasteiger partial charge in [0.25, 0.3) is 0 Å². The van der Waals surface area contributed by atoms with Crippen LogP contribution in [0.3, 0.4) is 0 Å². The normalized spacial score (nSPS) is 13.1. The summed E-state index contributed by atoms with van der Waals surface area (Å²) >= 11 is 0.643. The first-order chi connectivity index (χ1) is 7.21. The van der Waals surface area contributed by atoms with Crippen LogP contribution in [-0.4, -0.2) is 49.8 Å². The number of nitrogens with two attached hydrogens (primary N) is 1. The summed E-state index contributed by atoms with van der Waals surface area (Å²) in [6.45, 7) is 1.05. The number of hydrogen-bond acceptors (Lipinski definition) is 5. The first-order valence-electron chi connectivity index (χ1n) is 4.31. The number of aliphatic carboxylic acids is 3. The van der Waals surface area contributed by atoms with E-state index in [1.807, 2.05) is 0 Å². The SMILES string of the molecule is CC(SCCC(N)C(=O)O)(C(=O)O)C(=O)O. The third-order valence-electron chi connectivity index (χ3n) is 1.95. The Labute approximate surface area is 95.6 Å². The molecule has 0 heterocycles. The summed E-state index contributed by atoms with van der Waals surface area (Å²) in [6, 6.07) is -1.11. The lowest BCUT2D eigenvalue weighted by atomic mass is 10.2. The van der Waals surface area contributed by atoms with Gasteiger partial charge in [0.15, 0.2) is 0 Å². The van der Waals surface area contributed by atoms with Gasteiger partial charge in [-0.3, -0.25) is 14.4 Å².